The SMILES string of the molecule is Cc1cc(C)nc(N2CCC[C@H](C(=O)Nc3cccc(Cl)c3)C2)n1. The van der Waals surface area contributed by atoms with E-state index in [1.165, 1.54) is 0 Å². The molecule has 2 heterocycles. The third kappa shape index (κ3) is 4.03. The van der Waals surface area contributed by atoms with Crippen LogP contribution in [0.4, 0.5) is 11.6 Å². The van der Waals surface area contributed by atoms with Gasteiger partial charge in [-0.1, -0.05) is 17.7 Å². The van der Waals surface area contributed by atoms with Crippen LogP contribution in [0, 0.1) is 19.8 Å². The predicted molar refractivity (Wildman–Crippen MR) is 96.5 cm³/mol. The number of carbonyl (C=O) groups excluding carboxylic acids is 1. The van der Waals surface area contributed by atoms with Crippen molar-refractivity contribution in [2.24, 2.45) is 5.92 Å². The quantitative estimate of drug-likeness (QED) is 0.924. The second-order valence-electron chi connectivity index (χ2n) is 6.24. The molecule has 126 valence electrons. The summed E-state index contributed by atoms with van der Waals surface area (Å²) >= 11 is 5.97. The maximum atomic E-state index is 12.6. The van der Waals surface area contributed by atoms with Gasteiger partial charge in [0.15, 0.2) is 0 Å². The largest absolute Gasteiger partial charge is 0.340 e. The normalized spacial score (nSPS) is 17.6. The van der Waals surface area contributed by atoms with Gasteiger partial charge in [-0.15, -0.1) is 0 Å². The van der Waals surface area contributed by atoms with Gasteiger partial charge in [-0.05, 0) is 51.0 Å². The van der Waals surface area contributed by atoms with Gasteiger partial charge in [-0.25, -0.2) is 9.97 Å². The molecule has 3 rings (SSSR count). The first kappa shape index (κ1) is 16.7. The Morgan fingerprint density at radius 1 is 1.25 bits per heavy atom. The molecule has 1 aliphatic heterocycles. The van der Waals surface area contributed by atoms with Gasteiger partial charge in [0, 0.05) is 35.2 Å². The number of hydrogen-bond donors (Lipinski definition) is 1. The molecule has 5 nitrogen and oxygen atoms in total. The molecule has 0 saturated carbocycles. The Morgan fingerprint density at radius 2 is 2.00 bits per heavy atom. The number of anilines is 2. The van der Waals surface area contributed by atoms with Gasteiger partial charge in [0.2, 0.25) is 11.9 Å². The molecule has 1 aromatic heterocycles. The Hall–Kier alpha value is -2.14. The Bertz CT molecular complexity index is 729. The summed E-state index contributed by atoms with van der Waals surface area (Å²) in [7, 11) is 0. The highest BCUT2D eigenvalue weighted by molar-refractivity contribution is 6.30. The number of aromatic nitrogens is 2. The van der Waals surface area contributed by atoms with Gasteiger partial charge < -0.3 is 10.2 Å². The number of hydrogen-bond acceptors (Lipinski definition) is 4. The smallest absolute Gasteiger partial charge is 0.229 e. The monoisotopic (exact) mass is 344 g/mol. The molecule has 24 heavy (non-hydrogen) atoms. The molecule has 1 aliphatic rings. The molecular formula is C18H21ClN4O. The summed E-state index contributed by atoms with van der Waals surface area (Å²) in [6.07, 6.45) is 1.82. The zero-order valence-electron chi connectivity index (χ0n) is 13.9. The standard InChI is InChI=1S/C18H21ClN4O/c1-12-9-13(2)21-18(20-12)23-8-4-5-14(11-23)17(24)22-16-7-3-6-15(19)10-16/h3,6-7,9-10,14H,4-5,8,11H2,1-2H3,(H,22,24)/t14-/m0/s1. The number of piperidine rings is 1. The van der Waals surface area contributed by atoms with Gasteiger partial charge in [-0.3, -0.25) is 4.79 Å². The average molecular weight is 345 g/mol. The number of carbonyl (C=O) groups is 1. The lowest BCUT2D eigenvalue weighted by Gasteiger charge is -2.32. The van der Waals surface area contributed by atoms with Crippen molar-refractivity contribution in [2.75, 3.05) is 23.3 Å². The first-order chi connectivity index (χ1) is 11.5. The summed E-state index contributed by atoms with van der Waals surface area (Å²) in [6, 6.07) is 9.17. The fourth-order valence-corrected chi connectivity index (χ4v) is 3.22. The summed E-state index contributed by atoms with van der Waals surface area (Å²) in [4.78, 5) is 23.7. The number of nitrogens with zero attached hydrogens (tertiary/aromatic N) is 3. The fraction of sp³-hybridized carbons (Fsp3) is 0.389. The fourth-order valence-electron chi connectivity index (χ4n) is 3.03. The molecule has 0 unspecified atom stereocenters. The summed E-state index contributed by atoms with van der Waals surface area (Å²) in [5, 5.41) is 3.57. The van der Waals surface area contributed by atoms with Gasteiger partial charge in [0.05, 0.1) is 5.92 Å². The van der Waals surface area contributed by atoms with E-state index >= 15 is 0 Å². The van der Waals surface area contributed by atoms with E-state index in [4.69, 9.17) is 11.6 Å². The van der Waals surface area contributed by atoms with E-state index in [1.54, 1.807) is 12.1 Å². The van der Waals surface area contributed by atoms with Crippen LogP contribution in [0.15, 0.2) is 30.3 Å². The highest BCUT2D eigenvalue weighted by atomic mass is 35.5. The lowest BCUT2D eigenvalue weighted by Crippen LogP contribution is -2.41. The van der Waals surface area contributed by atoms with E-state index in [0.717, 1.165) is 36.5 Å². The molecule has 6 heteroatoms. The Balaban J connectivity index is 1.69. The predicted octanol–water partition coefficient (Wildman–Crippen LogP) is 3.60. The first-order valence-corrected chi connectivity index (χ1v) is 8.53. The molecule has 1 amide bonds. The van der Waals surface area contributed by atoms with Crippen molar-refractivity contribution < 1.29 is 4.79 Å². The number of amides is 1. The van der Waals surface area contributed by atoms with Gasteiger partial charge in [0.25, 0.3) is 0 Å². The molecule has 0 aliphatic carbocycles. The molecular weight excluding hydrogens is 324 g/mol. The van der Waals surface area contributed by atoms with Gasteiger partial charge >= 0.3 is 0 Å². The Morgan fingerprint density at radius 3 is 2.71 bits per heavy atom. The zero-order valence-corrected chi connectivity index (χ0v) is 14.7. The van der Waals surface area contributed by atoms with Crippen LogP contribution in [0.25, 0.3) is 0 Å². The molecule has 2 aromatic rings. The van der Waals surface area contributed by atoms with E-state index < -0.39 is 0 Å². The molecule has 1 N–H and O–H groups in total. The van der Waals surface area contributed by atoms with Crippen LogP contribution in [-0.2, 0) is 4.79 Å². The van der Waals surface area contributed by atoms with Crippen LogP contribution in [-0.4, -0.2) is 29.0 Å². The van der Waals surface area contributed by atoms with Crippen molar-refractivity contribution >= 4 is 29.1 Å². The lowest BCUT2D eigenvalue weighted by atomic mass is 9.97. The summed E-state index contributed by atoms with van der Waals surface area (Å²) in [5.41, 5.74) is 2.62. The van der Waals surface area contributed by atoms with Crippen molar-refractivity contribution in [3.05, 3.63) is 46.7 Å². The highest BCUT2D eigenvalue weighted by Crippen LogP contribution is 2.23. The van der Waals surface area contributed by atoms with Crippen LogP contribution in [0.2, 0.25) is 5.02 Å². The van der Waals surface area contributed by atoms with E-state index in [1.807, 2.05) is 32.0 Å². The Labute approximate surface area is 147 Å². The third-order valence-electron chi connectivity index (χ3n) is 4.14. The van der Waals surface area contributed by atoms with Gasteiger partial charge in [0.1, 0.15) is 0 Å². The number of aryl methyl sites for hydroxylation is 2. The number of nitrogens with one attached hydrogen (secondary N) is 1. The van der Waals surface area contributed by atoms with Crippen molar-refractivity contribution in [1.29, 1.82) is 0 Å². The lowest BCUT2D eigenvalue weighted by molar-refractivity contribution is -0.120. The van der Waals surface area contributed by atoms with Crippen molar-refractivity contribution in [3.63, 3.8) is 0 Å². The summed E-state index contributed by atoms with van der Waals surface area (Å²) < 4.78 is 0. The molecule has 0 spiro atoms. The van der Waals surface area contributed by atoms with E-state index in [0.29, 0.717) is 17.5 Å². The maximum absolute atomic E-state index is 12.6. The minimum absolute atomic E-state index is 0.0198. The second-order valence-corrected chi connectivity index (χ2v) is 6.67. The topological polar surface area (TPSA) is 58.1 Å². The van der Waals surface area contributed by atoms with E-state index in [-0.39, 0.29) is 11.8 Å². The number of halogens is 1. The van der Waals surface area contributed by atoms with Crippen LogP contribution in [0.1, 0.15) is 24.2 Å². The first-order valence-electron chi connectivity index (χ1n) is 8.15. The zero-order chi connectivity index (χ0) is 17.1. The minimum Gasteiger partial charge on any atom is -0.340 e. The average Bonchev–Trinajstić information content (AvgIpc) is 2.54. The molecule has 0 radical (unpaired) electrons. The van der Waals surface area contributed by atoms with Crippen LogP contribution in [0.5, 0.6) is 0 Å². The number of rotatable bonds is 3. The van der Waals surface area contributed by atoms with E-state index in [2.05, 4.69) is 20.2 Å². The summed E-state index contributed by atoms with van der Waals surface area (Å²) in [6.45, 7) is 5.44. The highest BCUT2D eigenvalue weighted by Gasteiger charge is 2.27. The van der Waals surface area contributed by atoms with Crippen LogP contribution in [0.3, 0.4) is 0 Å². The molecule has 1 fully saturated rings. The molecule has 0 bridgehead atoms. The van der Waals surface area contributed by atoms with Crippen molar-refractivity contribution in [1.82, 2.24) is 9.97 Å². The number of benzene rings is 1. The van der Waals surface area contributed by atoms with Crippen LogP contribution >= 0.6 is 11.6 Å². The van der Waals surface area contributed by atoms with Crippen LogP contribution < -0.4 is 10.2 Å². The maximum Gasteiger partial charge on any atom is 0.229 e. The minimum atomic E-state index is -0.0813. The van der Waals surface area contributed by atoms with Crippen molar-refractivity contribution in [2.45, 2.75) is 26.7 Å². The third-order valence-corrected chi connectivity index (χ3v) is 4.37. The van der Waals surface area contributed by atoms with E-state index in [9.17, 15) is 4.79 Å². The van der Waals surface area contributed by atoms with Crippen molar-refractivity contribution in [3.8, 4) is 0 Å². The molecule has 1 saturated heterocycles. The summed E-state index contributed by atoms with van der Waals surface area (Å²) in [5.74, 6) is 0.654. The molecule has 1 atom stereocenters. The second kappa shape index (κ2) is 7.18. The molecule has 1 aromatic carbocycles. The van der Waals surface area contributed by atoms with Gasteiger partial charge in [-0.2, -0.15) is 0 Å². The Kier molecular flexibility index (Phi) is 5.00.